The number of aromatic nitrogens is 2. The van der Waals surface area contributed by atoms with Crippen LogP contribution in [0.15, 0.2) is 48.5 Å². The van der Waals surface area contributed by atoms with E-state index >= 15 is 0 Å². The van der Waals surface area contributed by atoms with Crippen LogP contribution < -0.4 is 10.2 Å². The molecule has 1 aromatic heterocycles. The fraction of sp³-hybridized carbons (Fsp3) is 0.176. The van der Waals surface area contributed by atoms with Crippen LogP contribution in [0.3, 0.4) is 0 Å². The van der Waals surface area contributed by atoms with Crippen molar-refractivity contribution in [2.24, 2.45) is 0 Å². The lowest BCUT2D eigenvalue weighted by Gasteiger charge is -2.16. The van der Waals surface area contributed by atoms with Crippen LogP contribution in [0, 0.1) is 6.92 Å². The molecule has 22 heavy (non-hydrogen) atoms. The third-order valence-electron chi connectivity index (χ3n) is 3.40. The summed E-state index contributed by atoms with van der Waals surface area (Å²) in [5.41, 5.74) is 3.13. The van der Waals surface area contributed by atoms with E-state index in [0.717, 1.165) is 22.4 Å². The molecule has 0 atom stereocenters. The molecule has 0 saturated carbocycles. The molecular weight excluding hydrogens is 296 g/mol. The summed E-state index contributed by atoms with van der Waals surface area (Å²) in [6.45, 7) is 2.07. The van der Waals surface area contributed by atoms with Gasteiger partial charge in [0.05, 0.1) is 5.52 Å². The van der Waals surface area contributed by atoms with Crippen molar-refractivity contribution in [1.82, 2.24) is 9.97 Å². The average molecular weight is 315 g/mol. The van der Waals surface area contributed by atoms with Crippen molar-refractivity contribution >= 4 is 40.8 Å². The average Bonchev–Trinajstić information content (AvgIpc) is 2.48. The topological polar surface area (TPSA) is 41.1 Å². The molecule has 5 heteroatoms. The van der Waals surface area contributed by atoms with E-state index in [2.05, 4.69) is 28.3 Å². The Balaban J connectivity index is 0.00000176. The molecule has 0 aliphatic heterocycles. The zero-order valence-corrected chi connectivity index (χ0v) is 13.7. The zero-order valence-electron chi connectivity index (χ0n) is 12.9. The van der Waals surface area contributed by atoms with Crippen LogP contribution in [0.2, 0.25) is 0 Å². The monoisotopic (exact) mass is 314 g/mol. The van der Waals surface area contributed by atoms with Gasteiger partial charge in [0.15, 0.2) is 0 Å². The molecule has 0 fully saturated rings. The summed E-state index contributed by atoms with van der Waals surface area (Å²) in [4.78, 5) is 11.3. The Morgan fingerprint density at radius 3 is 2.32 bits per heavy atom. The second kappa shape index (κ2) is 6.62. The Kier molecular flexibility index (Phi) is 4.83. The highest BCUT2D eigenvalue weighted by Crippen LogP contribution is 2.25. The molecule has 0 saturated heterocycles. The van der Waals surface area contributed by atoms with E-state index in [-0.39, 0.29) is 12.4 Å². The quantitative estimate of drug-likeness (QED) is 0.787. The lowest BCUT2D eigenvalue weighted by molar-refractivity contribution is 1.06. The van der Waals surface area contributed by atoms with Gasteiger partial charge in [-0.2, -0.15) is 4.98 Å². The third kappa shape index (κ3) is 3.12. The van der Waals surface area contributed by atoms with E-state index in [0.29, 0.717) is 5.95 Å². The minimum atomic E-state index is 0. The molecule has 0 amide bonds. The first-order valence-electron chi connectivity index (χ1n) is 6.92. The van der Waals surface area contributed by atoms with E-state index in [9.17, 15) is 0 Å². The summed E-state index contributed by atoms with van der Waals surface area (Å²) < 4.78 is 0. The number of anilines is 3. The summed E-state index contributed by atoms with van der Waals surface area (Å²) >= 11 is 0. The highest BCUT2D eigenvalue weighted by Gasteiger charge is 2.09. The molecule has 114 valence electrons. The molecule has 0 aliphatic carbocycles. The molecule has 0 spiro atoms. The number of halogens is 1. The van der Waals surface area contributed by atoms with E-state index in [1.54, 1.807) is 0 Å². The largest absolute Gasteiger partial charge is 0.362 e. The third-order valence-corrected chi connectivity index (χ3v) is 3.40. The Morgan fingerprint density at radius 1 is 0.909 bits per heavy atom. The number of hydrogen-bond donors (Lipinski definition) is 1. The van der Waals surface area contributed by atoms with Gasteiger partial charge in [-0.3, -0.25) is 0 Å². The smallest absolute Gasteiger partial charge is 0.229 e. The summed E-state index contributed by atoms with van der Waals surface area (Å²) in [6.07, 6.45) is 0. The molecule has 0 unspecified atom stereocenters. The van der Waals surface area contributed by atoms with E-state index in [1.807, 2.05) is 61.5 Å². The van der Waals surface area contributed by atoms with Gasteiger partial charge >= 0.3 is 0 Å². The van der Waals surface area contributed by atoms with Gasteiger partial charge in [0.2, 0.25) is 5.95 Å². The molecule has 0 radical (unpaired) electrons. The second-order valence-electron chi connectivity index (χ2n) is 5.22. The Morgan fingerprint density at radius 2 is 1.59 bits per heavy atom. The number of aryl methyl sites for hydroxylation is 1. The maximum Gasteiger partial charge on any atom is 0.229 e. The number of hydrogen-bond acceptors (Lipinski definition) is 4. The van der Waals surface area contributed by atoms with Gasteiger partial charge in [0.25, 0.3) is 0 Å². The molecule has 4 nitrogen and oxygen atoms in total. The van der Waals surface area contributed by atoms with Gasteiger partial charge in [0.1, 0.15) is 5.82 Å². The second-order valence-corrected chi connectivity index (χ2v) is 5.22. The number of nitrogens with zero attached hydrogens (tertiary/aromatic N) is 3. The molecule has 3 aromatic rings. The van der Waals surface area contributed by atoms with Crippen molar-refractivity contribution in [3.63, 3.8) is 0 Å². The molecule has 1 heterocycles. The predicted molar refractivity (Wildman–Crippen MR) is 95.6 cm³/mol. The Bertz CT molecular complexity index is 786. The molecule has 0 aliphatic rings. The van der Waals surface area contributed by atoms with Crippen LogP contribution in [0.25, 0.3) is 10.9 Å². The summed E-state index contributed by atoms with van der Waals surface area (Å²) in [5.74, 6) is 1.53. The van der Waals surface area contributed by atoms with Gasteiger partial charge in [-0.05, 0) is 30.7 Å². The van der Waals surface area contributed by atoms with Crippen LogP contribution in [-0.2, 0) is 0 Å². The fourth-order valence-electron chi connectivity index (χ4n) is 2.29. The van der Waals surface area contributed by atoms with Gasteiger partial charge in [0, 0.05) is 25.2 Å². The first kappa shape index (κ1) is 16.0. The standard InChI is InChI=1S/C17H18N4.ClH/c1-12-8-4-6-10-14(12)18-17-19-15-11-7-5-9-13(15)16(20-17)21(2)3;/h4-11H,1-3H3,(H,18,19,20);1H. The van der Waals surface area contributed by atoms with Gasteiger partial charge in [-0.1, -0.05) is 30.3 Å². The highest BCUT2D eigenvalue weighted by molar-refractivity contribution is 5.90. The minimum Gasteiger partial charge on any atom is -0.362 e. The van der Waals surface area contributed by atoms with Crippen molar-refractivity contribution in [3.8, 4) is 0 Å². The summed E-state index contributed by atoms with van der Waals surface area (Å²) in [6, 6.07) is 16.2. The van der Waals surface area contributed by atoms with Crippen molar-refractivity contribution in [1.29, 1.82) is 0 Å². The number of nitrogens with one attached hydrogen (secondary N) is 1. The van der Waals surface area contributed by atoms with Crippen molar-refractivity contribution in [2.45, 2.75) is 6.92 Å². The van der Waals surface area contributed by atoms with Gasteiger partial charge < -0.3 is 10.2 Å². The van der Waals surface area contributed by atoms with Crippen molar-refractivity contribution in [3.05, 3.63) is 54.1 Å². The molecule has 3 rings (SSSR count). The summed E-state index contributed by atoms with van der Waals surface area (Å²) in [7, 11) is 3.98. The Labute approximate surface area is 136 Å². The van der Waals surface area contributed by atoms with Crippen LogP contribution in [0.1, 0.15) is 5.56 Å². The van der Waals surface area contributed by atoms with Crippen LogP contribution in [0.5, 0.6) is 0 Å². The lowest BCUT2D eigenvalue weighted by Crippen LogP contribution is -2.13. The number of benzene rings is 2. The number of rotatable bonds is 3. The summed E-state index contributed by atoms with van der Waals surface area (Å²) in [5, 5.41) is 4.36. The first-order valence-corrected chi connectivity index (χ1v) is 6.92. The molecule has 0 bridgehead atoms. The number of fused-ring (bicyclic) bond motifs is 1. The maximum absolute atomic E-state index is 4.64. The normalized spacial score (nSPS) is 10.1. The molecule has 1 N–H and O–H groups in total. The van der Waals surface area contributed by atoms with E-state index < -0.39 is 0 Å². The van der Waals surface area contributed by atoms with Crippen LogP contribution in [0.4, 0.5) is 17.5 Å². The molecular formula is C17H19ClN4. The predicted octanol–water partition coefficient (Wildman–Crippen LogP) is 4.17. The maximum atomic E-state index is 4.64. The lowest BCUT2D eigenvalue weighted by atomic mass is 10.2. The van der Waals surface area contributed by atoms with Gasteiger partial charge in [-0.25, -0.2) is 4.98 Å². The van der Waals surface area contributed by atoms with Crippen molar-refractivity contribution < 1.29 is 0 Å². The zero-order chi connectivity index (χ0) is 14.8. The van der Waals surface area contributed by atoms with E-state index in [1.165, 1.54) is 5.56 Å². The minimum absolute atomic E-state index is 0. The SMILES string of the molecule is Cc1ccccc1Nc1nc(N(C)C)c2ccccc2n1.Cl. The van der Waals surface area contributed by atoms with Crippen LogP contribution in [-0.4, -0.2) is 24.1 Å². The van der Waals surface area contributed by atoms with Crippen molar-refractivity contribution in [2.75, 3.05) is 24.3 Å². The first-order chi connectivity index (χ1) is 10.1. The fourth-order valence-corrected chi connectivity index (χ4v) is 2.29. The Hall–Kier alpha value is -2.33. The van der Waals surface area contributed by atoms with Gasteiger partial charge in [-0.15, -0.1) is 12.4 Å². The molecule has 2 aromatic carbocycles. The van der Waals surface area contributed by atoms with E-state index in [4.69, 9.17) is 0 Å². The highest BCUT2D eigenvalue weighted by atomic mass is 35.5. The number of para-hydroxylation sites is 2. The van der Waals surface area contributed by atoms with Crippen LogP contribution >= 0.6 is 12.4 Å².